The summed E-state index contributed by atoms with van der Waals surface area (Å²) in [6, 6.07) is 7.59. The van der Waals surface area contributed by atoms with E-state index in [1.807, 2.05) is 37.5 Å². The molecule has 1 aliphatic heterocycles. The monoisotopic (exact) mass is 390 g/mol. The Labute approximate surface area is 170 Å². The van der Waals surface area contributed by atoms with Crippen LogP contribution in [0.1, 0.15) is 18.2 Å². The van der Waals surface area contributed by atoms with Crippen molar-refractivity contribution >= 4 is 17.2 Å². The molecular weight excluding hydrogens is 364 g/mol. The molecule has 150 valence electrons. The molecule has 0 amide bonds. The first kappa shape index (κ1) is 19.1. The van der Waals surface area contributed by atoms with Crippen LogP contribution in [0.25, 0.3) is 11.1 Å². The zero-order valence-corrected chi connectivity index (χ0v) is 16.8. The van der Waals surface area contributed by atoms with Crippen LogP contribution in [-0.4, -0.2) is 63.1 Å². The summed E-state index contributed by atoms with van der Waals surface area (Å²) in [5, 5.41) is 13.0. The Morgan fingerprint density at radius 2 is 1.90 bits per heavy atom. The molecule has 3 N–H and O–H groups in total. The van der Waals surface area contributed by atoms with Gasteiger partial charge in [0.15, 0.2) is 0 Å². The van der Waals surface area contributed by atoms with Crippen molar-refractivity contribution in [2.24, 2.45) is 7.05 Å². The lowest BCUT2D eigenvalue weighted by atomic mass is 9.99. The van der Waals surface area contributed by atoms with Crippen LogP contribution in [0.4, 0.5) is 11.5 Å². The summed E-state index contributed by atoms with van der Waals surface area (Å²) in [6.45, 7) is 7.15. The van der Waals surface area contributed by atoms with Crippen LogP contribution in [-0.2, 0) is 7.05 Å². The minimum atomic E-state index is 0.295. The molecule has 1 saturated heterocycles. The smallest absolute Gasteiger partial charge is 0.132 e. The molecule has 0 aliphatic carbocycles. The van der Waals surface area contributed by atoms with Gasteiger partial charge in [-0.05, 0) is 24.2 Å². The maximum atomic E-state index is 8.73. The molecule has 0 saturated carbocycles. The van der Waals surface area contributed by atoms with Gasteiger partial charge in [0.2, 0.25) is 0 Å². The van der Waals surface area contributed by atoms with E-state index < -0.39 is 0 Å². The molecule has 1 fully saturated rings. The van der Waals surface area contributed by atoms with Gasteiger partial charge >= 0.3 is 0 Å². The first-order valence-electron chi connectivity index (χ1n) is 9.82. The number of rotatable bonds is 5. The van der Waals surface area contributed by atoms with Crippen molar-refractivity contribution < 1.29 is 0 Å². The lowest BCUT2D eigenvalue weighted by molar-refractivity contribution is 0.270. The topological polar surface area (TPSA) is 100.0 Å². The second-order valence-corrected chi connectivity index (χ2v) is 7.26. The Morgan fingerprint density at radius 3 is 2.59 bits per heavy atom. The molecule has 0 spiro atoms. The van der Waals surface area contributed by atoms with E-state index in [0.29, 0.717) is 22.7 Å². The summed E-state index contributed by atoms with van der Waals surface area (Å²) in [5.41, 5.74) is 10.2. The Morgan fingerprint density at radius 1 is 1.10 bits per heavy atom. The molecule has 1 aliphatic rings. The molecule has 8 nitrogen and oxygen atoms in total. The van der Waals surface area contributed by atoms with E-state index in [1.165, 1.54) is 6.33 Å². The van der Waals surface area contributed by atoms with Gasteiger partial charge in [-0.15, -0.1) is 0 Å². The first-order valence-corrected chi connectivity index (χ1v) is 9.82. The van der Waals surface area contributed by atoms with Crippen LogP contribution >= 0.6 is 0 Å². The van der Waals surface area contributed by atoms with Gasteiger partial charge in [0.25, 0.3) is 0 Å². The molecule has 8 heteroatoms. The van der Waals surface area contributed by atoms with E-state index in [9.17, 15) is 0 Å². The van der Waals surface area contributed by atoms with Gasteiger partial charge in [0.05, 0.1) is 17.6 Å². The standard InChI is InChI=1S/C21H26N8/c1-3-28-6-8-29(9-7-28)20-11-19(24-14-25-20)21(23)17-10-15(4-5-18(17)22)16-12-26-27(2)13-16/h4-5,10-14,23H,3,6-9,22H2,1-2H3. The number of benzene rings is 1. The second-order valence-electron chi connectivity index (χ2n) is 7.26. The van der Waals surface area contributed by atoms with E-state index in [-0.39, 0.29) is 0 Å². The zero-order valence-electron chi connectivity index (χ0n) is 16.8. The first-order chi connectivity index (χ1) is 14.0. The van der Waals surface area contributed by atoms with Crippen molar-refractivity contribution in [1.82, 2.24) is 24.6 Å². The molecule has 3 aromatic rings. The molecule has 1 aromatic carbocycles. The molecular formula is C21H26N8. The number of piperazine rings is 1. The van der Waals surface area contributed by atoms with Gasteiger partial charge in [-0.1, -0.05) is 13.0 Å². The number of aromatic nitrogens is 4. The van der Waals surface area contributed by atoms with Gasteiger partial charge in [-0.3, -0.25) is 10.1 Å². The summed E-state index contributed by atoms with van der Waals surface area (Å²) in [7, 11) is 1.88. The Kier molecular flexibility index (Phi) is 5.26. The summed E-state index contributed by atoms with van der Waals surface area (Å²) in [4.78, 5) is 13.5. The van der Waals surface area contributed by atoms with Crippen LogP contribution in [0.5, 0.6) is 0 Å². The predicted octanol–water partition coefficient (Wildman–Crippen LogP) is 2.02. The molecule has 3 heterocycles. The molecule has 0 unspecified atom stereocenters. The predicted molar refractivity (Wildman–Crippen MR) is 115 cm³/mol. The average Bonchev–Trinajstić information content (AvgIpc) is 3.20. The lowest BCUT2D eigenvalue weighted by Crippen LogP contribution is -2.46. The van der Waals surface area contributed by atoms with Crippen molar-refractivity contribution in [3.63, 3.8) is 0 Å². The minimum Gasteiger partial charge on any atom is -0.398 e. The SMILES string of the molecule is CCN1CCN(c2cc(C(=N)c3cc(-c4cnn(C)c4)ccc3N)ncn2)CC1. The van der Waals surface area contributed by atoms with E-state index in [2.05, 4.69) is 31.8 Å². The molecule has 4 rings (SSSR count). The fraction of sp³-hybridized carbons (Fsp3) is 0.333. The highest BCUT2D eigenvalue weighted by Crippen LogP contribution is 2.25. The van der Waals surface area contributed by atoms with Gasteiger partial charge in [0, 0.05) is 62.3 Å². The van der Waals surface area contributed by atoms with Crippen molar-refractivity contribution in [2.45, 2.75) is 6.92 Å². The number of hydrogen-bond donors (Lipinski definition) is 2. The fourth-order valence-electron chi connectivity index (χ4n) is 3.61. The molecule has 2 aromatic heterocycles. The van der Waals surface area contributed by atoms with Crippen LogP contribution < -0.4 is 10.6 Å². The van der Waals surface area contributed by atoms with E-state index in [4.69, 9.17) is 11.1 Å². The van der Waals surface area contributed by atoms with E-state index in [0.717, 1.165) is 49.7 Å². The molecule has 0 radical (unpaired) electrons. The van der Waals surface area contributed by atoms with Crippen LogP contribution in [0.15, 0.2) is 43.0 Å². The Bertz CT molecular complexity index is 1020. The third-order valence-electron chi connectivity index (χ3n) is 5.41. The number of aryl methyl sites for hydroxylation is 1. The highest BCUT2D eigenvalue weighted by Gasteiger charge is 2.19. The largest absolute Gasteiger partial charge is 0.398 e. The maximum Gasteiger partial charge on any atom is 0.132 e. The number of likely N-dealkylation sites (N-methyl/N-ethyl adjacent to an activating group) is 1. The molecule has 29 heavy (non-hydrogen) atoms. The van der Waals surface area contributed by atoms with Crippen molar-refractivity contribution in [1.29, 1.82) is 5.41 Å². The maximum absolute atomic E-state index is 8.73. The van der Waals surface area contributed by atoms with Crippen molar-refractivity contribution in [2.75, 3.05) is 43.4 Å². The Balaban J connectivity index is 1.60. The van der Waals surface area contributed by atoms with Gasteiger partial charge in [-0.2, -0.15) is 5.10 Å². The quantitative estimate of drug-likeness (QED) is 0.511. The average molecular weight is 390 g/mol. The Hall–Kier alpha value is -3.26. The molecule has 0 atom stereocenters. The van der Waals surface area contributed by atoms with E-state index >= 15 is 0 Å². The fourth-order valence-corrected chi connectivity index (χ4v) is 3.61. The summed E-state index contributed by atoms with van der Waals surface area (Å²) in [5.74, 6) is 0.859. The normalized spacial score (nSPS) is 14.9. The highest BCUT2D eigenvalue weighted by molar-refractivity contribution is 6.13. The number of nitrogens with one attached hydrogen (secondary N) is 1. The highest BCUT2D eigenvalue weighted by atomic mass is 15.3. The van der Waals surface area contributed by atoms with Crippen molar-refractivity contribution in [3.05, 3.63) is 54.2 Å². The van der Waals surface area contributed by atoms with Crippen LogP contribution in [0.3, 0.4) is 0 Å². The molecule has 0 bridgehead atoms. The lowest BCUT2D eigenvalue weighted by Gasteiger charge is -2.34. The van der Waals surface area contributed by atoms with Crippen molar-refractivity contribution in [3.8, 4) is 11.1 Å². The number of hydrogen-bond acceptors (Lipinski definition) is 7. The van der Waals surface area contributed by atoms with Crippen LogP contribution in [0.2, 0.25) is 0 Å². The third kappa shape index (κ3) is 3.97. The third-order valence-corrected chi connectivity index (χ3v) is 5.41. The van der Waals surface area contributed by atoms with E-state index in [1.54, 1.807) is 10.9 Å². The summed E-state index contributed by atoms with van der Waals surface area (Å²) < 4.78 is 1.76. The number of nitrogen functional groups attached to an aromatic ring is 1. The summed E-state index contributed by atoms with van der Waals surface area (Å²) in [6.07, 6.45) is 5.28. The van der Waals surface area contributed by atoms with Gasteiger partial charge in [-0.25, -0.2) is 9.97 Å². The second kappa shape index (κ2) is 8.00. The number of nitrogens with two attached hydrogens (primary N) is 1. The van der Waals surface area contributed by atoms with Gasteiger partial charge < -0.3 is 15.5 Å². The minimum absolute atomic E-state index is 0.295. The van der Waals surface area contributed by atoms with Crippen LogP contribution in [0, 0.1) is 5.41 Å². The number of anilines is 2. The zero-order chi connectivity index (χ0) is 20.4. The number of nitrogens with zero attached hydrogens (tertiary/aromatic N) is 6. The summed E-state index contributed by atoms with van der Waals surface area (Å²) >= 11 is 0. The van der Waals surface area contributed by atoms with Gasteiger partial charge in [0.1, 0.15) is 12.1 Å².